The number of piperidine rings is 2. The highest BCUT2D eigenvalue weighted by Crippen LogP contribution is 2.38. The van der Waals surface area contributed by atoms with Crippen molar-refractivity contribution in [2.45, 2.75) is 112 Å². The number of carbonyl (C=O) groups excluding carboxylic acids is 2. The zero-order valence-electron chi connectivity index (χ0n) is 26.3. The topological polar surface area (TPSA) is 85.1 Å². The number of hydrogen-bond acceptors (Lipinski definition) is 5. The predicted molar refractivity (Wildman–Crippen MR) is 159 cm³/mol. The Morgan fingerprint density at radius 3 is 1.72 bits per heavy atom. The highest BCUT2D eigenvalue weighted by Gasteiger charge is 2.39. The van der Waals surface area contributed by atoms with Gasteiger partial charge in [-0.15, -0.1) is 0 Å². The van der Waals surface area contributed by atoms with Gasteiger partial charge in [-0.05, 0) is 89.5 Å². The number of nitrogens with zero attached hydrogens (tertiary/aromatic N) is 2. The lowest BCUT2D eigenvalue weighted by atomic mass is 9.71. The van der Waals surface area contributed by atoms with Crippen LogP contribution in [0.1, 0.15) is 94.1 Å². The smallest absolute Gasteiger partial charge is 0.410 e. The van der Waals surface area contributed by atoms with Gasteiger partial charge in [-0.2, -0.15) is 0 Å². The molecule has 39 heavy (non-hydrogen) atoms. The van der Waals surface area contributed by atoms with Gasteiger partial charge in [0, 0.05) is 32.2 Å². The average molecular weight is 546 g/mol. The number of nitrogens with two attached hydrogens (primary N) is 1. The third-order valence-electron chi connectivity index (χ3n) is 7.69. The van der Waals surface area contributed by atoms with Crippen LogP contribution in [0, 0.1) is 16.7 Å². The first-order valence-corrected chi connectivity index (χ1v) is 14.5. The molecule has 3 rings (SSSR count). The van der Waals surface area contributed by atoms with Gasteiger partial charge in [0.2, 0.25) is 0 Å². The summed E-state index contributed by atoms with van der Waals surface area (Å²) in [7, 11) is 0. The van der Waals surface area contributed by atoms with Crippen molar-refractivity contribution in [2.75, 3.05) is 26.2 Å². The van der Waals surface area contributed by atoms with Gasteiger partial charge in [0.1, 0.15) is 11.2 Å². The molecule has 222 valence electrons. The second-order valence-corrected chi connectivity index (χ2v) is 14.7. The molecule has 1 aromatic carbocycles. The van der Waals surface area contributed by atoms with Crippen LogP contribution in [-0.2, 0) is 15.9 Å². The molecular weight excluding hydrogens is 490 g/mol. The number of likely N-dealkylation sites (tertiary alicyclic amines) is 2. The molecule has 0 saturated carbocycles. The lowest BCUT2D eigenvalue weighted by Crippen LogP contribution is -2.54. The van der Waals surface area contributed by atoms with Gasteiger partial charge in [0.05, 0.1) is 0 Å². The van der Waals surface area contributed by atoms with Crippen molar-refractivity contribution in [3.8, 4) is 0 Å². The molecule has 2 saturated heterocycles. The Kier molecular flexibility index (Phi) is 10.9. The molecule has 7 heteroatoms. The van der Waals surface area contributed by atoms with Crippen molar-refractivity contribution >= 4 is 12.2 Å². The van der Waals surface area contributed by atoms with Crippen LogP contribution in [0.3, 0.4) is 0 Å². The van der Waals surface area contributed by atoms with E-state index >= 15 is 0 Å². The van der Waals surface area contributed by atoms with Crippen molar-refractivity contribution in [3.63, 3.8) is 0 Å². The van der Waals surface area contributed by atoms with Crippen molar-refractivity contribution < 1.29 is 19.1 Å². The van der Waals surface area contributed by atoms with Gasteiger partial charge in [0.25, 0.3) is 0 Å². The van der Waals surface area contributed by atoms with Gasteiger partial charge in [-0.25, -0.2) is 9.59 Å². The Morgan fingerprint density at radius 1 is 0.821 bits per heavy atom. The minimum Gasteiger partial charge on any atom is -0.444 e. The Morgan fingerprint density at radius 2 is 1.28 bits per heavy atom. The summed E-state index contributed by atoms with van der Waals surface area (Å²) in [5.74, 6) is 0.640. The second-order valence-electron chi connectivity index (χ2n) is 14.7. The van der Waals surface area contributed by atoms with Crippen LogP contribution >= 0.6 is 0 Å². The summed E-state index contributed by atoms with van der Waals surface area (Å²) in [6.07, 6.45) is 3.78. The van der Waals surface area contributed by atoms with Gasteiger partial charge >= 0.3 is 12.2 Å². The lowest BCUT2D eigenvalue weighted by Gasteiger charge is -2.44. The summed E-state index contributed by atoms with van der Waals surface area (Å²) < 4.78 is 10.9. The molecule has 0 bridgehead atoms. The number of carbonyl (C=O) groups is 2. The Balaban J connectivity index is 0.000000293. The minimum absolute atomic E-state index is 0.0326. The highest BCUT2D eigenvalue weighted by atomic mass is 16.6. The van der Waals surface area contributed by atoms with Crippen molar-refractivity contribution in [2.24, 2.45) is 22.5 Å². The van der Waals surface area contributed by atoms with E-state index < -0.39 is 11.2 Å². The maximum Gasteiger partial charge on any atom is 0.410 e. The molecule has 0 aliphatic carbocycles. The van der Waals surface area contributed by atoms with Crippen LogP contribution in [0.25, 0.3) is 0 Å². The van der Waals surface area contributed by atoms with Gasteiger partial charge in [-0.3, -0.25) is 0 Å². The fourth-order valence-electron chi connectivity index (χ4n) is 5.26. The van der Waals surface area contributed by atoms with Crippen LogP contribution in [0.5, 0.6) is 0 Å². The first kappa shape index (κ1) is 32.9. The standard InChI is InChI=1S/C20H31NO2.C12H24N2O2/c1-19(2,3)23-18(22)21-14-13-17(20(4,5)15-21)12-11-16-9-7-6-8-10-16;1-11(2,3)16-10(15)14-7-6-9(13)12(4,5)8-14/h6-10,17H,11-15H2,1-5H3;9H,6-8,13H2,1-5H3. The van der Waals surface area contributed by atoms with Gasteiger partial charge in [0.15, 0.2) is 0 Å². The van der Waals surface area contributed by atoms with Gasteiger partial charge in [-0.1, -0.05) is 58.0 Å². The first-order valence-electron chi connectivity index (χ1n) is 14.5. The van der Waals surface area contributed by atoms with Crippen LogP contribution in [0.2, 0.25) is 0 Å². The van der Waals surface area contributed by atoms with Gasteiger partial charge < -0.3 is 25.0 Å². The fraction of sp³-hybridized carbons (Fsp3) is 0.750. The molecule has 0 radical (unpaired) electrons. The van der Waals surface area contributed by atoms with Crippen molar-refractivity contribution in [1.29, 1.82) is 0 Å². The third kappa shape index (κ3) is 11.0. The molecule has 0 aromatic heterocycles. The molecule has 2 N–H and O–H groups in total. The number of rotatable bonds is 3. The minimum atomic E-state index is -0.430. The molecule has 2 fully saturated rings. The zero-order valence-corrected chi connectivity index (χ0v) is 26.3. The summed E-state index contributed by atoms with van der Waals surface area (Å²) in [5, 5.41) is 0. The van der Waals surface area contributed by atoms with E-state index in [4.69, 9.17) is 15.2 Å². The van der Waals surface area contributed by atoms with Crippen LogP contribution in [-0.4, -0.2) is 65.4 Å². The number of aryl methyl sites for hydroxylation is 1. The summed E-state index contributed by atoms with van der Waals surface area (Å²) in [4.78, 5) is 27.8. The maximum absolute atomic E-state index is 12.3. The third-order valence-corrected chi connectivity index (χ3v) is 7.69. The maximum atomic E-state index is 12.3. The average Bonchev–Trinajstić information content (AvgIpc) is 2.78. The number of benzene rings is 1. The zero-order chi connectivity index (χ0) is 29.6. The highest BCUT2D eigenvalue weighted by molar-refractivity contribution is 5.68. The SMILES string of the molecule is CC(C)(C)OC(=O)N1CCC(CCc2ccccc2)C(C)(C)C1.CC(C)(C)OC(=O)N1CCC(N)C(C)(C)C1. The quantitative estimate of drug-likeness (QED) is 0.447. The largest absolute Gasteiger partial charge is 0.444 e. The van der Waals surface area contributed by atoms with E-state index in [2.05, 4.69) is 58.0 Å². The molecule has 2 aliphatic rings. The van der Waals surface area contributed by atoms with E-state index in [9.17, 15) is 9.59 Å². The molecule has 1 aromatic rings. The molecule has 2 atom stereocenters. The van der Waals surface area contributed by atoms with E-state index in [0.29, 0.717) is 19.0 Å². The Bertz CT molecular complexity index is 931. The molecular formula is C32H55N3O4. The van der Waals surface area contributed by atoms with Crippen LogP contribution in [0.15, 0.2) is 30.3 Å². The number of ether oxygens (including phenoxy) is 2. The molecule has 2 amide bonds. The van der Waals surface area contributed by atoms with Crippen LogP contribution in [0.4, 0.5) is 9.59 Å². The van der Waals surface area contributed by atoms with Crippen molar-refractivity contribution in [3.05, 3.63) is 35.9 Å². The molecule has 2 heterocycles. The Labute approximate surface area is 237 Å². The van der Waals surface area contributed by atoms with E-state index in [1.165, 1.54) is 12.0 Å². The van der Waals surface area contributed by atoms with Crippen LogP contribution < -0.4 is 5.73 Å². The number of hydrogen-bond donors (Lipinski definition) is 1. The lowest BCUT2D eigenvalue weighted by molar-refractivity contribution is -0.00539. The predicted octanol–water partition coefficient (Wildman–Crippen LogP) is 6.88. The summed E-state index contributed by atoms with van der Waals surface area (Å²) >= 11 is 0. The first-order chi connectivity index (χ1) is 17.8. The molecule has 2 aliphatic heterocycles. The fourth-order valence-corrected chi connectivity index (χ4v) is 5.26. The van der Waals surface area contributed by atoms with Crippen molar-refractivity contribution in [1.82, 2.24) is 9.80 Å². The monoisotopic (exact) mass is 545 g/mol. The van der Waals surface area contributed by atoms with E-state index in [-0.39, 0.29) is 29.1 Å². The van der Waals surface area contributed by atoms with E-state index in [1.54, 1.807) is 4.90 Å². The molecule has 0 spiro atoms. The summed E-state index contributed by atoms with van der Waals surface area (Å²) in [6.45, 7) is 23.1. The summed E-state index contributed by atoms with van der Waals surface area (Å²) in [6, 6.07) is 10.8. The summed E-state index contributed by atoms with van der Waals surface area (Å²) in [5.41, 5.74) is 6.67. The second kappa shape index (κ2) is 12.9. The van der Waals surface area contributed by atoms with E-state index in [0.717, 1.165) is 32.4 Å². The number of amides is 2. The molecule has 2 unspecified atom stereocenters. The van der Waals surface area contributed by atoms with E-state index in [1.807, 2.05) is 46.4 Å². The normalized spacial score (nSPS) is 22.8. The molecule has 7 nitrogen and oxygen atoms in total. The Hall–Kier alpha value is -2.28.